The van der Waals surface area contributed by atoms with Crippen LogP contribution in [0.5, 0.6) is 0 Å². The first-order valence-electron chi connectivity index (χ1n) is 9.46. The molecule has 0 spiro atoms. The maximum Gasteiger partial charge on any atom is 0.272 e. The third-order valence-electron chi connectivity index (χ3n) is 5.67. The quantitative estimate of drug-likeness (QED) is 0.790. The second-order valence-electron chi connectivity index (χ2n) is 7.60. The van der Waals surface area contributed by atoms with Gasteiger partial charge in [0.05, 0.1) is 16.7 Å². The molecule has 2 fully saturated rings. The fourth-order valence-electron chi connectivity index (χ4n) is 4.04. The van der Waals surface area contributed by atoms with Crippen LogP contribution in [0.2, 0.25) is 0 Å². The number of nitrogens with one attached hydrogen (secondary N) is 1. The summed E-state index contributed by atoms with van der Waals surface area (Å²) >= 11 is 0. The third-order valence-corrected chi connectivity index (χ3v) is 5.67. The summed E-state index contributed by atoms with van der Waals surface area (Å²) in [6.07, 6.45) is 6.33. The number of aromatic nitrogens is 4. The van der Waals surface area contributed by atoms with Crippen molar-refractivity contribution in [3.63, 3.8) is 0 Å². The first kappa shape index (κ1) is 15.6. The van der Waals surface area contributed by atoms with Crippen molar-refractivity contribution in [1.82, 2.24) is 24.6 Å². The lowest BCUT2D eigenvalue weighted by molar-refractivity contribution is 0.0695. The number of piperidine rings is 1. The molecule has 6 nitrogen and oxygen atoms in total. The Balaban J connectivity index is 1.37. The van der Waals surface area contributed by atoms with Crippen LogP contribution >= 0.6 is 0 Å². The molecule has 1 unspecified atom stereocenters. The first-order chi connectivity index (χ1) is 12.7. The van der Waals surface area contributed by atoms with E-state index in [0.29, 0.717) is 17.5 Å². The van der Waals surface area contributed by atoms with Crippen molar-refractivity contribution in [1.29, 1.82) is 0 Å². The highest BCUT2D eigenvalue weighted by atomic mass is 16.2. The van der Waals surface area contributed by atoms with E-state index in [1.54, 1.807) is 4.68 Å². The van der Waals surface area contributed by atoms with Crippen LogP contribution in [-0.4, -0.2) is 43.6 Å². The van der Waals surface area contributed by atoms with Crippen molar-refractivity contribution in [3.8, 4) is 0 Å². The fourth-order valence-corrected chi connectivity index (χ4v) is 4.04. The van der Waals surface area contributed by atoms with Crippen LogP contribution in [0.15, 0.2) is 30.5 Å². The Labute approximate surface area is 152 Å². The zero-order chi connectivity index (χ0) is 17.7. The van der Waals surface area contributed by atoms with E-state index in [2.05, 4.69) is 21.1 Å². The average Bonchev–Trinajstić information content (AvgIpc) is 3.31. The largest absolute Gasteiger partial charge is 0.357 e. The highest BCUT2D eigenvalue weighted by Crippen LogP contribution is 2.39. The SMILES string of the molecule is Cn1nc(C2CC2)cc1C(=O)N1CCCC(c2cc3ncccc3[nH]2)C1. The van der Waals surface area contributed by atoms with E-state index in [0.717, 1.165) is 42.7 Å². The number of likely N-dealkylation sites (tertiary alicyclic amines) is 1. The molecular formula is C20H23N5O. The predicted molar refractivity (Wildman–Crippen MR) is 99.2 cm³/mol. The standard InChI is InChI=1S/C20H23N5O/c1-24-19(11-17(23-24)13-6-7-13)20(26)25-9-3-4-14(12-25)16-10-18-15(22-16)5-2-8-21-18/h2,5,8,10-11,13-14,22H,3-4,6-7,9,12H2,1H3. The van der Waals surface area contributed by atoms with Gasteiger partial charge in [0.2, 0.25) is 0 Å². The average molecular weight is 349 g/mol. The molecule has 2 aliphatic rings. The molecule has 26 heavy (non-hydrogen) atoms. The molecule has 1 saturated carbocycles. The van der Waals surface area contributed by atoms with Crippen molar-refractivity contribution >= 4 is 16.9 Å². The van der Waals surface area contributed by atoms with E-state index in [1.165, 1.54) is 18.5 Å². The molecule has 3 aromatic rings. The minimum atomic E-state index is 0.103. The van der Waals surface area contributed by atoms with Crippen LogP contribution < -0.4 is 0 Å². The van der Waals surface area contributed by atoms with E-state index in [9.17, 15) is 4.79 Å². The van der Waals surface area contributed by atoms with Crippen LogP contribution in [-0.2, 0) is 7.05 Å². The normalized spacial score (nSPS) is 20.7. The molecule has 1 amide bonds. The maximum absolute atomic E-state index is 13.1. The number of amides is 1. The summed E-state index contributed by atoms with van der Waals surface area (Å²) in [7, 11) is 1.88. The Kier molecular flexibility index (Phi) is 3.58. The van der Waals surface area contributed by atoms with Gasteiger partial charge in [-0.2, -0.15) is 5.10 Å². The van der Waals surface area contributed by atoms with Gasteiger partial charge in [-0.1, -0.05) is 0 Å². The van der Waals surface area contributed by atoms with E-state index in [1.807, 2.05) is 36.3 Å². The predicted octanol–water partition coefficient (Wildman–Crippen LogP) is 3.19. The Bertz CT molecular complexity index is 935. The van der Waals surface area contributed by atoms with Crippen molar-refractivity contribution < 1.29 is 4.79 Å². The van der Waals surface area contributed by atoms with Gasteiger partial charge in [0, 0.05) is 43.9 Å². The van der Waals surface area contributed by atoms with Gasteiger partial charge in [-0.25, -0.2) is 0 Å². The summed E-state index contributed by atoms with van der Waals surface area (Å²) in [4.78, 5) is 23.0. The van der Waals surface area contributed by atoms with Crippen LogP contribution in [0.4, 0.5) is 0 Å². The molecule has 134 valence electrons. The molecule has 4 heterocycles. The monoisotopic (exact) mass is 349 g/mol. The van der Waals surface area contributed by atoms with Crippen molar-refractivity contribution in [2.75, 3.05) is 13.1 Å². The molecule has 5 rings (SSSR count). The first-order valence-corrected chi connectivity index (χ1v) is 9.46. The van der Waals surface area contributed by atoms with Gasteiger partial charge in [0.15, 0.2) is 0 Å². The van der Waals surface area contributed by atoms with Gasteiger partial charge < -0.3 is 9.88 Å². The number of H-pyrrole nitrogens is 1. The summed E-state index contributed by atoms with van der Waals surface area (Å²) in [6, 6.07) is 8.12. The summed E-state index contributed by atoms with van der Waals surface area (Å²) < 4.78 is 1.76. The summed E-state index contributed by atoms with van der Waals surface area (Å²) in [6.45, 7) is 1.56. The number of aromatic amines is 1. The Morgan fingerprint density at radius 3 is 2.92 bits per heavy atom. The number of hydrogen-bond donors (Lipinski definition) is 1. The molecule has 1 atom stereocenters. The minimum absolute atomic E-state index is 0.103. The molecule has 3 aromatic heterocycles. The minimum Gasteiger partial charge on any atom is -0.357 e. The molecule has 0 aromatic carbocycles. The van der Waals surface area contributed by atoms with Crippen LogP contribution in [0, 0.1) is 0 Å². The number of fused-ring (bicyclic) bond motifs is 1. The van der Waals surface area contributed by atoms with Gasteiger partial charge >= 0.3 is 0 Å². The van der Waals surface area contributed by atoms with Crippen molar-refractivity contribution in [2.24, 2.45) is 7.05 Å². The number of carbonyl (C=O) groups is 1. The van der Waals surface area contributed by atoms with Crippen LogP contribution in [0.1, 0.15) is 59.4 Å². The highest BCUT2D eigenvalue weighted by Gasteiger charge is 2.31. The second kappa shape index (κ2) is 5.97. The molecule has 1 N–H and O–H groups in total. The van der Waals surface area contributed by atoms with E-state index in [-0.39, 0.29) is 5.91 Å². The Hall–Kier alpha value is -2.63. The number of nitrogens with zero attached hydrogens (tertiary/aromatic N) is 4. The van der Waals surface area contributed by atoms with Crippen molar-refractivity contribution in [2.45, 2.75) is 37.5 Å². The van der Waals surface area contributed by atoms with E-state index < -0.39 is 0 Å². The molecule has 1 saturated heterocycles. The Morgan fingerprint density at radius 2 is 2.12 bits per heavy atom. The van der Waals surface area contributed by atoms with E-state index >= 15 is 0 Å². The molecule has 0 bridgehead atoms. The summed E-state index contributed by atoms with van der Waals surface area (Å²) in [5, 5.41) is 4.55. The smallest absolute Gasteiger partial charge is 0.272 e. The molecule has 1 aliphatic heterocycles. The van der Waals surface area contributed by atoms with Gasteiger partial charge in [0.25, 0.3) is 5.91 Å². The van der Waals surface area contributed by atoms with Crippen molar-refractivity contribution in [3.05, 3.63) is 47.5 Å². The van der Waals surface area contributed by atoms with Gasteiger partial charge in [0.1, 0.15) is 5.69 Å². The lowest BCUT2D eigenvalue weighted by Gasteiger charge is -2.32. The maximum atomic E-state index is 13.1. The second-order valence-corrected chi connectivity index (χ2v) is 7.60. The zero-order valence-corrected chi connectivity index (χ0v) is 15.0. The zero-order valence-electron chi connectivity index (χ0n) is 15.0. The topological polar surface area (TPSA) is 66.8 Å². The van der Waals surface area contributed by atoms with Crippen LogP contribution in [0.3, 0.4) is 0 Å². The fraction of sp³-hybridized carbons (Fsp3) is 0.450. The highest BCUT2D eigenvalue weighted by molar-refractivity contribution is 5.93. The summed E-state index contributed by atoms with van der Waals surface area (Å²) in [5.74, 6) is 1.000. The lowest BCUT2D eigenvalue weighted by atomic mass is 9.94. The number of pyridine rings is 1. The van der Waals surface area contributed by atoms with Gasteiger partial charge in [-0.15, -0.1) is 0 Å². The lowest BCUT2D eigenvalue weighted by Crippen LogP contribution is -2.40. The van der Waals surface area contributed by atoms with Gasteiger partial charge in [-0.3, -0.25) is 14.5 Å². The number of aryl methyl sites for hydroxylation is 1. The summed E-state index contributed by atoms with van der Waals surface area (Å²) in [5.41, 5.74) is 5.02. The Morgan fingerprint density at radius 1 is 1.23 bits per heavy atom. The third kappa shape index (κ3) is 2.69. The number of rotatable bonds is 3. The number of hydrogen-bond acceptors (Lipinski definition) is 3. The molecule has 0 radical (unpaired) electrons. The van der Waals surface area contributed by atoms with E-state index in [4.69, 9.17) is 0 Å². The molecule has 1 aliphatic carbocycles. The molecular weight excluding hydrogens is 326 g/mol. The number of carbonyl (C=O) groups excluding carboxylic acids is 1. The van der Waals surface area contributed by atoms with Crippen LogP contribution in [0.25, 0.3) is 11.0 Å². The molecule has 6 heteroatoms. The van der Waals surface area contributed by atoms with Gasteiger partial charge in [-0.05, 0) is 49.9 Å².